The summed E-state index contributed by atoms with van der Waals surface area (Å²) in [5.74, 6) is 1.38. The van der Waals surface area contributed by atoms with Gasteiger partial charge >= 0.3 is 0 Å². The number of benzene rings is 2. The molecule has 0 aliphatic carbocycles. The molecule has 0 saturated heterocycles. The maximum Gasteiger partial charge on any atom is 0.125 e. The molecule has 96 valence electrons. The number of anilines is 1. The first-order valence-corrected chi connectivity index (χ1v) is 5.78. The van der Waals surface area contributed by atoms with Gasteiger partial charge in [-0.1, -0.05) is 6.07 Å². The van der Waals surface area contributed by atoms with E-state index >= 15 is 0 Å². The van der Waals surface area contributed by atoms with E-state index in [-0.39, 0.29) is 0 Å². The summed E-state index contributed by atoms with van der Waals surface area (Å²) in [6, 6.07) is 14.5. The molecule has 0 atom stereocenters. The second-order valence-electron chi connectivity index (χ2n) is 4.00. The van der Waals surface area contributed by atoms with Crippen molar-refractivity contribution in [2.45, 2.75) is 6.61 Å². The molecule has 2 rings (SSSR count). The summed E-state index contributed by atoms with van der Waals surface area (Å²) in [6.07, 6.45) is 0. The van der Waals surface area contributed by atoms with Gasteiger partial charge in [-0.2, -0.15) is 5.26 Å². The minimum absolute atomic E-state index is 0.322. The van der Waals surface area contributed by atoms with E-state index in [0.717, 1.165) is 5.56 Å². The topological polar surface area (TPSA) is 68.3 Å². The third-order valence-electron chi connectivity index (χ3n) is 2.66. The zero-order valence-electron chi connectivity index (χ0n) is 10.6. The molecular weight excluding hydrogens is 240 g/mol. The Balaban J connectivity index is 2.16. The number of ether oxygens (including phenoxy) is 2. The third-order valence-corrected chi connectivity index (χ3v) is 2.66. The van der Waals surface area contributed by atoms with Gasteiger partial charge in [-0.05, 0) is 30.3 Å². The number of hydrogen-bond donors (Lipinski definition) is 1. The summed E-state index contributed by atoms with van der Waals surface area (Å²) >= 11 is 0. The van der Waals surface area contributed by atoms with Crippen LogP contribution in [0.2, 0.25) is 0 Å². The second-order valence-corrected chi connectivity index (χ2v) is 4.00. The van der Waals surface area contributed by atoms with E-state index in [0.29, 0.717) is 29.4 Å². The van der Waals surface area contributed by atoms with Crippen molar-refractivity contribution in [2.75, 3.05) is 12.8 Å². The first-order valence-electron chi connectivity index (χ1n) is 5.78. The molecule has 0 aliphatic heterocycles. The standard InChI is InChI=1S/C15H14N2O2/c1-18-15-6-5-11(9-16)7-12(15)10-19-14-4-2-3-13(17)8-14/h2-8H,10,17H2,1H3. The van der Waals surface area contributed by atoms with Crippen molar-refractivity contribution < 1.29 is 9.47 Å². The molecule has 0 aromatic heterocycles. The Hall–Kier alpha value is -2.67. The molecule has 0 heterocycles. The van der Waals surface area contributed by atoms with Gasteiger partial charge in [-0.15, -0.1) is 0 Å². The maximum absolute atomic E-state index is 8.90. The molecule has 2 N–H and O–H groups in total. The molecule has 0 saturated carbocycles. The smallest absolute Gasteiger partial charge is 0.125 e. The number of methoxy groups -OCH3 is 1. The number of nitrogen functional groups attached to an aromatic ring is 1. The van der Waals surface area contributed by atoms with E-state index in [2.05, 4.69) is 6.07 Å². The van der Waals surface area contributed by atoms with Crippen molar-refractivity contribution in [1.29, 1.82) is 5.26 Å². The van der Waals surface area contributed by atoms with Crippen molar-refractivity contribution in [3.63, 3.8) is 0 Å². The van der Waals surface area contributed by atoms with E-state index in [1.165, 1.54) is 0 Å². The summed E-state index contributed by atoms with van der Waals surface area (Å²) in [7, 11) is 1.59. The molecule has 0 spiro atoms. The Bertz CT molecular complexity index is 618. The molecule has 0 aliphatic rings. The fourth-order valence-corrected chi connectivity index (χ4v) is 1.73. The van der Waals surface area contributed by atoms with E-state index < -0.39 is 0 Å². The molecule has 2 aromatic carbocycles. The van der Waals surface area contributed by atoms with Crippen molar-refractivity contribution in [2.24, 2.45) is 0 Å². The fraction of sp³-hybridized carbons (Fsp3) is 0.133. The van der Waals surface area contributed by atoms with Crippen LogP contribution in [-0.2, 0) is 6.61 Å². The van der Waals surface area contributed by atoms with Gasteiger partial charge in [0.15, 0.2) is 0 Å². The lowest BCUT2D eigenvalue weighted by Crippen LogP contribution is -1.99. The summed E-state index contributed by atoms with van der Waals surface area (Å²) in [6.45, 7) is 0.322. The highest BCUT2D eigenvalue weighted by Crippen LogP contribution is 2.22. The summed E-state index contributed by atoms with van der Waals surface area (Å²) in [5.41, 5.74) is 7.73. The fourth-order valence-electron chi connectivity index (χ4n) is 1.73. The molecule has 4 nitrogen and oxygen atoms in total. The normalized spacial score (nSPS) is 9.68. The molecule has 0 bridgehead atoms. The third kappa shape index (κ3) is 3.17. The average Bonchev–Trinajstić information content (AvgIpc) is 2.45. The van der Waals surface area contributed by atoms with E-state index in [1.54, 1.807) is 37.4 Å². The predicted octanol–water partition coefficient (Wildman–Crippen LogP) is 2.73. The molecular formula is C15H14N2O2. The number of rotatable bonds is 4. The van der Waals surface area contributed by atoms with Crippen molar-refractivity contribution in [1.82, 2.24) is 0 Å². The maximum atomic E-state index is 8.90. The first kappa shape index (κ1) is 12.8. The molecule has 0 fully saturated rings. The predicted molar refractivity (Wildman–Crippen MR) is 72.9 cm³/mol. The van der Waals surface area contributed by atoms with Gasteiger partial charge in [0, 0.05) is 17.3 Å². The lowest BCUT2D eigenvalue weighted by atomic mass is 10.1. The molecule has 0 unspecified atom stereocenters. The number of hydrogen-bond acceptors (Lipinski definition) is 4. The van der Waals surface area contributed by atoms with E-state index in [9.17, 15) is 0 Å². The van der Waals surface area contributed by atoms with Crippen molar-refractivity contribution in [3.05, 3.63) is 53.6 Å². The number of nitriles is 1. The van der Waals surface area contributed by atoms with Gasteiger partial charge in [-0.3, -0.25) is 0 Å². The molecule has 2 aromatic rings. The van der Waals surface area contributed by atoms with E-state index in [4.69, 9.17) is 20.5 Å². The van der Waals surface area contributed by atoms with Crippen LogP contribution in [-0.4, -0.2) is 7.11 Å². The Labute approximate surface area is 112 Å². The summed E-state index contributed by atoms with van der Waals surface area (Å²) in [4.78, 5) is 0. The van der Waals surface area contributed by atoms with Crippen LogP contribution in [0.1, 0.15) is 11.1 Å². The Morgan fingerprint density at radius 2 is 2.05 bits per heavy atom. The van der Waals surface area contributed by atoms with Crippen LogP contribution in [0.5, 0.6) is 11.5 Å². The quantitative estimate of drug-likeness (QED) is 0.852. The largest absolute Gasteiger partial charge is 0.496 e. The zero-order valence-corrected chi connectivity index (χ0v) is 10.6. The van der Waals surface area contributed by atoms with Gasteiger partial charge < -0.3 is 15.2 Å². The molecule has 19 heavy (non-hydrogen) atoms. The monoisotopic (exact) mass is 254 g/mol. The highest BCUT2D eigenvalue weighted by atomic mass is 16.5. The lowest BCUT2D eigenvalue weighted by Gasteiger charge is -2.11. The molecule has 4 heteroatoms. The van der Waals surface area contributed by atoms with E-state index in [1.807, 2.05) is 12.1 Å². The zero-order chi connectivity index (χ0) is 13.7. The minimum Gasteiger partial charge on any atom is -0.496 e. The summed E-state index contributed by atoms with van der Waals surface area (Å²) < 4.78 is 10.9. The number of nitrogens with two attached hydrogens (primary N) is 1. The van der Waals surface area contributed by atoms with Crippen LogP contribution < -0.4 is 15.2 Å². The van der Waals surface area contributed by atoms with Crippen LogP contribution in [0.3, 0.4) is 0 Å². The second kappa shape index (κ2) is 5.78. The van der Waals surface area contributed by atoms with Crippen LogP contribution in [0, 0.1) is 11.3 Å². The van der Waals surface area contributed by atoms with Crippen molar-refractivity contribution in [3.8, 4) is 17.6 Å². The first-order chi connectivity index (χ1) is 9.22. The van der Waals surface area contributed by atoms with Crippen LogP contribution in [0.4, 0.5) is 5.69 Å². The SMILES string of the molecule is COc1ccc(C#N)cc1COc1cccc(N)c1. The lowest BCUT2D eigenvalue weighted by molar-refractivity contribution is 0.297. The number of nitrogens with zero attached hydrogens (tertiary/aromatic N) is 1. The highest BCUT2D eigenvalue weighted by Gasteiger charge is 2.05. The van der Waals surface area contributed by atoms with Gasteiger partial charge in [0.25, 0.3) is 0 Å². The van der Waals surface area contributed by atoms with Gasteiger partial charge in [0.1, 0.15) is 18.1 Å². The van der Waals surface area contributed by atoms with Crippen LogP contribution in [0.15, 0.2) is 42.5 Å². The minimum atomic E-state index is 0.322. The van der Waals surface area contributed by atoms with Crippen LogP contribution in [0.25, 0.3) is 0 Å². The Morgan fingerprint density at radius 1 is 1.21 bits per heavy atom. The highest BCUT2D eigenvalue weighted by molar-refractivity contribution is 5.44. The van der Waals surface area contributed by atoms with Crippen molar-refractivity contribution >= 4 is 5.69 Å². The Morgan fingerprint density at radius 3 is 2.74 bits per heavy atom. The van der Waals surface area contributed by atoms with Gasteiger partial charge in [0.05, 0.1) is 18.7 Å². The van der Waals surface area contributed by atoms with Crippen LogP contribution >= 0.6 is 0 Å². The molecule has 0 radical (unpaired) electrons. The molecule has 0 amide bonds. The van der Waals surface area contributed by atoms with Gasteiger partial charge in [0.2, 0.25) is 0 Å². The average molecular weight is 254 g/mol. The van der Waals surface area contributed by atoms with Gasteiger partial charge in [-0.25, -0.2) is 0 Å². The summed E-state index contributed by atoms with van der Waals surface area (Å²) in [5, 5.41) is 8.90. The Kier molecular flexibility index (Phi) is 3.89.